The predicted octanol–water partition coefficient (Wildman–Crippen LogP) is 6.34. The molecule has 0 bridgehead atoms. The molecule has 0 unspecified atom stereocenters. The van der Waals surface area contributed by atoms with Crippen LogP contribution in [0, 0.1) is 6.92 Å². The quantitative estimate of drug-likeness (QED) is 0.347. The number of benzene rings is 4. The van der Waals surface area contributed by atoms with Crippen molar-refractivity contribution in [3.63, 3.8) is 0 Å². The maximum atomic E-state index is 4.52. The molecule has 0 amide bonds. The van der Waals surface area contributed by atoms with E-state index in [2.05, 4.69) is 98.2 Å². The third-order valence-electron chi connectivity index (χ3n) is 5.78. The Labute approximate surface area is 180 Å². The molecule has 31 heavy (non-hydrogen) atoms. The number of fused-ring (bicyclic) bond motifs is 3. The van der Waals surface area contributed by atoms with E-state index in [0.717, 1.165) is 28.6 Å². The van der Waals surface area contributed by atoms with Gasteiger partial charge in [-0.05, 0) is 55.5 Å². The molecule has 0 N–H and O–H groups in total. The summed E-state index contributed by atoms with van der Waals surface area (Å²) in [6, 6.07) is 35.9. The molecule has 0 aliphatic carbocycles. The number of hydrogen-bond donors (Lipinski definition) is 0. The second-order valence-electron chi connectivity index (χ2n) is 7.66. The van der Waals surface area contributed by atoms with Gasteiger partial charge in [0.2, 0.25) is 0 Å². The highest BCUT2D eigenvalue weighted by Gasteiger charge is 2.16. The van der Waals surface area contributed by atoms with Crippen LogP contribution in [0.5, 0.6) is 0 Å². The van der Waals surface area contributed by atoms with E-state index in [0.29, 0.717) is 0 Å². The number of aromatic nitrogens is 4. The molecule has 148 valence electrons. The van der Waals surface area contributed by atoms with E-state index in [1.807, 2.05) is 31.2 Å². The van der Waals surface area contributed by atoms with E-state index in [9.17, 15) is 0 Å². The van der Waals surface area contributed by atoms with Gasteiger partial charge < -0.3 is 4.57 Å². The summed E-state index contributed by atoms with van der Waals surface area (Å²) in [5, 5.41) is 11.3. The molecule has 0 aliphatic rings. The highest BCUT2D eigenvalue weighted by molar-refractivity contribution is 6.10. The summed E-state index contributed by atoms with van der Waals surface area (Å²) in [6.07, 6.45) is 0. The van der Waals surface area contributed by atoms with Gasteiger partial charge in [-0.2, -0.15) is 0 Å². The third-order valence-corrected chi connectivity index (χ3v) is 5.78. The van der Waals surface area contributed by atoms with Crippen molar-refractivity contribution in [2.75, 3.05) is 0 Å². The minimum atomic E-state index is 0.849. The molecule has 0 radical (unpaired) electrons. The Bertz CT molecular complexity index is 1530. The fourth-order valence-corrected chi connectivity index (χ4v) is 4.40. The van der Waals surface area contributed by atoms with Crippen LogP contribution in [0.3, 0.4) is 0 Å². The van der Waals surface area contributed by atoms with Gasteiger partial charge in [0.05, 0.1) is 11.0 Å². The maximum Gasteiger partial charge on any atom is 0.168 e. The van der Waals surface area contributed by atoms with Crippen molar-refractivity contribution in [1.29, 1.82) is 0 Å². The molecule has 0 saturated carbocycles. The Morgan fingerprint density at radius 3 is 1.90 bits per heavy atom. The summed E-state index contributed by atoms with van der Waals surface area (Å²) in [4.78, 5) is 0. The normalized spacial score (nSPS) is 11.4. The van der Waals surface area contributed by atoms with Crippen LogP contribution in [0.4, 0.5) is 0 Å². The van der Waals surface area contributed by atoms with Gasteiger partial charge in [0.1, 0.15) is 5.82 Å². The van der Waals surface area contributed by atoms with Gasteiger partial charge in [-0.1, -0.05) is 54.6 Å². The van der Waals surface area contributed by atoms with Crippen molar-refractivity contribution >= 4 is 21.8 Å². The van der Waals surface area contributed by atoms with Crippen LogP contribution < -0.4 is 0 Å². The molecule has 2 aromatic heterocycles. The first kappa shape index (κ1) is 17.7. The Morgan fingerprint density at radius 2 is 1.16 bits per heavy atom. The summed E-state index contributed by atoms with van der Waals surface area (Å²) in [5.74, 6) is 1.72. The number of aryl methyl sites for hydroxylation is 1. The van der Waals surface area contributed by atoms with Crippen molar-refractivity contribution in [1.82, 2.24) is 19.3 Å². The van der Waals surface area contributed by atoms with Crippen LogP contribution in [-0.4, -0.2) is 19.3 Å². The first-order chi connectivity index (χ1) is 15.3. The van der Waals surface area contributed by atoms with E-state index >= 15 is 0 Å². The fraction of sp³-hybridized carbons (Fsp3) is 0.0370. The Kier molecular flexibility index (Phi) is 3.96. The van der Waals surface area contributed by atoms with Gasteiger partial charge in [0, 0.05) is 27.7 Å². The number of hydrogen-bond acceptors (Lipinski definition) is 2. The highest BCUT2D eigenvalue weighted by Crippen LogP contribution is 2.35. The molecular formula is C27H20N4. The summed E-state index contributed by atoms with van der Waals surface area (Å²) in [7, 11) is 0. The van der Waals surface area contributed by atoms with Crippen molar-refractivity contribution in [3.8, 4) is 22.8 Å². The van der Waals surface area contributed by atoms with Crippen LogP contribution >= 0.6 is 0 Å². The predicted molar refractivity (Wildman–Crippen MR) is 126 cm³/mol. The molecule has 0 atom stereocenters. The smallest absolute Gasteiger partial charge is 0.168 e. The van der Waals surface area contributed by atoms with E-state index in [-0.39, 0.29) is 0 Å². The topological polar surface area (TPSA) is 35.6 Å². The molecule has 0 fully saturated rings. The van der Waals surface area contributed by atoms with Gasteiger partial charge in [0.25, 0.3) is 0 Å². The molecule has 0 saturated heterocycles. The molecule has 6 aromatic rings. The number of para-hydroxylation sites is 3. The van der Waals surface area contributed by atoms with E-state index in [1.54, 1.807) is 0 Å². The zero-order valence-corrected chi connectivity index (χ0v) is 17.1. The van der Waals surface area contributed by atoms with Crippen LogP contribution in [0.25, 0.3) is 44.6 Å². The maximum absolute atomic E-state index is 4.52. The van der Waals surface area contributed by atoms with Crippen LogP contribution in [0.15, 0.2) is 103 Å². The van der Waals surface area contributed by atoms with Gasteiger partial charge in [-0.25, -0.2) is 0 Å². The zero-order valence-electron chi connectivity index (χ0n) is 17.1. The molecule has 2 heterocycles. The van der Waals surface area contributed by atoms with Crippen LogP contribution in [0.1, 0.15) is 5.82 Å². The van der Waals surface area contributed by atoms with Gasteiger partial charge in [-0.3, -0.25) is 4.57 Å². The molecule has 4 nitrogen and oxygen atoms in total. The first-order valence-electron chi connectivity index (χ1n) is 10.4. The number of nitrogens with zero attached hydrogens (tertiary/aromatic N) is 4. The number of rotatable bonds is 3. The van der Waals surface area contributed by atoms with E-state index in [1.165, 1.54) is 21.8 Å². The van der Waals surface area contributed by atoms with Gasteiger partial charge >= 0.3 is 0 Å². The zero-order chi connectivity index (χ0) is 20.8. The first-order valence-corrected chi connectivity index (χ1v) is 10.4. The average molecular weight is 400 g/mol. The minimum absolute atomic E-state index is 0.849. The molecular weight excluding hydrogens is 380 g/mol. The average Bonchev–Trinajstić information content (AvgIpc) is 3.38. The van der Waals surface area contributed by atoms with Gasteiger partial charge in [-0.15, -0.1) is 10.2 Å². The lowest BCUT2D eigenvalue weighted by Gasteiger charge is -2.10. The van der Waals surface area contributed by atoms with E-state index < -0.39 is 0 Å². The largest absolute Gasteiger partial charge is 0.309 e. The van der Waals surface area contributed by atoms with Crippen molar-refractivity contribution in [2.45, 2.75) is 6.92 Å². The lowest BCUT2D eigenvalue weighted by atomic mass is 10.1. The van der Waals surface area contributed by atoms with E-state index in [4.69, 9.17) is 0 Å². The molecule has 0 aliphatic heterocycles. The third kappa shape index (κ3) is 2.76. The lowest BCUT2D eigenvalue weighted by molar-refractivity contribution is 0.972. The second kappa shape index (κ2) is 6.96. The molecule has 4 heteroatoms. The Balaban J connectivity index is 1.62. The van der Waals surface area contributed by atoms with Crippen LogP contribution in [-0.2, 0) is 0 Å². The summed E-state index contributed by atoms with van der Waals surface area (Å²) < 4.78 is 4.43. The minimum Gasteiger partial charge on any atom is -0.309 e. The molecule has 4 aromatic carbocycles. The molecule has 0 spiro atoms. The van der Waals surface area contributed by atoms with Crippen LogP contribution in [0.2, 0.25) is 0 Å². The second-order valence-corrected chi connectivity index (χ2v) is 7.66. The standard InChI is InChI=1S/C27H20N4/c1-19-28-29-27(30(19)21-10-4-2-5-11-21)20-16-17-26-24(18-20)23-14-8-9-15-25(23)31(26)22-12-6-3-7-13-22/h2-18H,1H3. The Morgan fingerprint density at radius 1 is 0.548 bits per heavy atom. The molecule has 6 rings (SSSR count). The van der Waals surface area contributed by atoms with Gasteiger partial charge in [0.15, 0.2) is 5.82 Å². The summed E-state index contributed by atoms with van der Waals surface area (Å²) in [5.41, 5.74) is 5.64. The van der Waals surface area contributed by atoms with Crippen molar-refractivity contribution in [3.05, 3.63) is 109 Å². The lowest BCUT2D eigenvalue weighted by Crippen LogP contribution is -1.99. The monoisotopic (exact) mass is 400 g/mol. The highest BCUT2D eigenvalue weighted by atomic mass is 15.3. The Hall–Kier alpha value is -4.18. The summed E-state index contributed by atoms with van der Waals surface area (Å²) >= 11 is 0. The van der Waals surface area contributed by atoms with Crippen molar-refractivity contribution in [2.24, 2.45) is 0 Å². The fourth-order valence-electron chi connectivity index (χ4n) is 4.40. The summed E-state index contributed by atoms with van der Waals surface area (Å²) in [6.45, 7) is 1.99. The SMILES string of the molecule is Cc1nnc(-c2ccc3c(c2)c2ccccc2n3-c2ccccc2)n1-c1ccccc1. The van der Waals surface area contributed by atoms with Crippen molar-refractivity contribution < 1.29 is 0 Å².